The van der Waals surface area contributed by atoms with Gasteiger partial charge in [0.15, 0.2) is 0 Å². The second-order valence-electron chi connectivity index (χ2n) is 5.37. The highest BCUT2D eigenvalue weighted by molar-refractivity contribution is 5.79. The fourth-order valence-corrected chi connectivity index (χ4v) is 2.54. The predicted molar refractivity (Wildman–Crippen MR) is 90.9 cm³/mol. The van der Waals surface area contributed by atoms with Gasteiger partial charge in [-0.2, -0.15) is 5.10 Å². The zero-order valence-corrected chi connectivity index (χ0v) is 12.7. The van der Waals surface area contributed by atoms with E-state index >= 15 is 0 Å². The summed E-state index contributed by atoms with van der Waals surface area (Å²) in [6.45, 7) is 3.58. The summed E-state index contributed by atoms with van der Waals surface area (Å²) < 4.78 is 0. The number of piperazine rings is 1. The number of non-ortho nitro benzene ring substituents is 1. The van der Waals surface area contributed by atoms with Crippen LogP contribution >= 0.6 is 0 Å². The topological polar surface area (TPSA) is 62.0 Å². The smallest absolute Gasteiger partial charge is 0.269 e. The third-order valence-electron chi connectivity index (χ3n) is 3.85. The molecular weight excluding hydrogens is 292 g/mol. The molecule has 1 fully saturated rings. The quantitative estimate of drug-likeness (QED) is 0.495. The number of hydrogen-bond donors (Lipinski definition) is 0. The molecule has 0 spiro atoms. The van der Waals surface area contributed by atoms with Gasteiger partial charge in [0.1, 0.15) is 0 Å². The Morgan fingerprint density at radius 2 is 1.61 bits per heavy atom. The van der Waals surface area contributed by atoms with Crippen LogP contribution in [0.4, 0.5) is 11.4 Å². The van der Waals surface area contributed by atoms with Gasteiger partial charge in [0.05, 0.1) is 24.2 Å². The van der Waals surface area contributed by atoms with Crippen molar-refractivity contribution in [3.8, 4) is 0 Å². The summed E-state index contributed by atoms with van der Waals surface area (Å²) in [5.41, 5.74) is 2.20. The Morgan fingerprint density at radius 1 is 0.957 bits per heavy atom. The number of anilines is 1. The average Bonchev–Trinajstić information content (AvgIpc) is 2.61. The molecule has 0 amide bonds. The SMILES string of the molecule is O=[N+]([O-])c1ccc(/C=N\N2CCN(c3ccccc3)CC2)cc1. The minimum atomic E-state index is -0.399. The number of benzene rings is 2. The molecule has 0 atom stereocenters. The highest BCUT2D eigenvalue weighted by Gasteiger charge is 2.15. The summed E-state index contributed by atoms with van der Waals surface area (Å²) in [6.07, 6.45) is 1.75. The van der Waals surface area contributed by atoms with Crippen molar-refractivity contribution in [2.45, 2.75) is 0 Å². The van der Waals surface area contributed by atoms with Gasteiger partial charge in [-0.1, -0.05) is 18.2 Å². The number of nitrogens with zero attached hydrogens (tertiary/aromatic N) is 4. The highest BCUT2D eigenvalue weighted by Crippen LogP contribution is 2.16. The molecule has 1 heterocycles. The predicted octanol–water partition coefficient (Wildman–Crippen LogP) is 2.75. The lowest BCUT2D eigenvalue weighted by Crippen LogP contribution is -2.44. The summed E-state index contributed by atoms with van der Waals surface area (Å²) >= 11 is 0. The lowest BCUT2D eigenvalue weighted by Gasteiger charge is -2.34. The number of nitro groups is 1. The molecule has 23 heavy (non-hydrogen) atoms. The number of hydrogen-bond acceptors (Lipinski definition) is 5. The molecule has 2 aromatic rings. The molecule has 6 nitrogen and oxygen atoms in total. The molecule has 1 aliphatic heterocycles. The van der Waals surface area contributed by atoms with Crippen LogP contribution in [0.25, 0.3) is 0 Å². The summed E-state index contributed by atoms with van der Waals surface area (Å²) in [5, 5.41) is 17.1. The van der Waals surface area contributed by atoms with Crippen molar-refractivity contribution in [3.63, 3.8) is 0 Å². The molecule has 0 radical (unpaired) electrons. The van der Waals surface area contributed by atoms with Gasteiger partial charge < -0.3 is 4.90 Å². The van der Waals surface area contributed by atoms with E-state index < -0.39 is 4.92 Å². The van der Waals surface area contributed by atoms with Crippen LogP contribution in [0.1, 0.15) is 5.56 Å². The van der Waals surface area contributed by atoms with Crippen LogP contribution in [-0.4, -0.2) is 42.3 Å². The van der Waals surface area contributed by atoms with Crippen molar-refractivity contribution >= 4 is 17.6 Å². The van der Waals surface area contributed by atoms with Crippen molar-refractivity contribution in [1.29, 1.82) is 0 Å². The van der Waals surface area contributed by atoms with Crippen molar-refractivity contribution in [2.24, 2.45) is 5.10 Å². The van der Waals surface area contributed by atoms with E-state index in [4.69, 9.17) is 0 Å². The fraction of sp³-hybridized carbons (Fsp3) is 0.235. The van der Waals surface area contributed by atoms with Crippen LogP contribution in [0.2, 0.25) is 0 Å². The molecule has 118 valence electrons. The maximum absolute atomic E-state index is 10.6. The van der Waals surface area contributed by atoms with Crippen LogP contribution in [0.5, 0.6) is 0 Å². The van der Waals surface area contributed by atoms with Crippen LogP contribution in [0, 0.1) is 10.1 Å². The number of hydrazone groups is 1. The van der Waals surface area contributed by atoms with E-state index in [2.05, 4.69) is 34.3 Å². The van der Waals surface area contributed by atoms with E-state index in [9.17, 15) is 10.1 Å². The first-order valence-corrected chi connectivity index (χ1v) is 7.56. The van der Waals surface area contributed by atoms with Gasteiger partial charge in [-0.05, 0) is 29.8 Å². The Labute approximate surface area is 134 Å². The number of para-hydroxylation sites is 1. The van der Waals surface area contributed by atoms with E-state index in [0.717, 1.165) is 31.7 Å². The van der Waals surface area contributed by atoms with Crippen LogP contribution in [0.15, 0.2) is 59.7 Å². The standard InChI is InChI=1S/C17H18N4O2/c22-21(23)17-8-6-15(7-9-17)14-18-20-12-10-19(11-13-20)16-4-2-1-3-5-16/h1-9,14H,10-13H2/b18-14-. The molecule has 0 unspecified atom stereocenters. The first-order chi connectivity index (χ1) is 11.2. The molecule has 0 N–H and O–H groups in total. The van der Waals surface area contributed by atoms with E-state index in [1.54, 1.807) is 18.3 Å². The summed E-state index contributed by atoms with van der Waals surface area (Å²) in [7, 11) is 0. The van der Waals surface area contributed by atoms with Crippen LogP contribution in [0.3, 0.4) is 0 Å². The summed E-state index contributed by atoms with van der Waals surface area (Å²) in [5.74, 6) is 0. The Balaban J connectivity index is 1.55. The summed E-state index contributed by atoms with van der Waals surface area (Å²) in [6, 6.07) is 16.8. The van der Waals surface area contributed by atoms with Crippen molar-refractivity contribution in [3.05, 3.63) is 70.3 Å². The molecule has 0 aliphatic carbocycles. The second kappa shape index (κ2) is 6.91. The van der Waals surface area contributed by atoms with E-state index in [-0.39, 0.29) is 5.69 Å². The van der Waals surface area contributed by atoms with Gasteiger partial charge in [0.25, 0.3) is 5.69 Å². The Hall–Kier alpha value is -2.89. The average molecular weight is 310 g/mol. The first kappa shape index (κ1) is 15.0. The fourth-order valence-electron chi connectivity index (χ4n) is 2.54. The molecule has 0 saturated carbocycles. The van der Waals surface area contributed by atoms with Gasteiger partial charge in [-0.15, -0.1) is 0 Å². The largest absolute Gasteiger partial charge is 0.368 e. The third kappa shape index (κ3) is 3.85. The Morgan fingerprint density at radius 3 is 2.22 bits per heavy atom. The molecule has 2 aromatic carbocycles. The third-order valence-corrected chi connectivity index (χ3v) is 3.85. The molecule has 0 aromatic heterocycles. The van der Waals surface area contributed by atoms with E-state index in [1.165, 1.54) is 17.8 Å². The number of nitro benzene ring substituents is 1. The van der Waals surface area contributed by atoms with Gasteiger partial charge in [-0.3, -0.25) is 15.1 Å². The van der Waals surface area contributed by atoms with Gasteiger partial charge in [0.2, 0.25) is 0 Å². The van der Waals surface area contributed by atoms with E-state index in [0.29, 0.717) is 0 Å². The van der Waals surface area contributed by atoms with Gasteiger partial charge in [-0.25, -0.2) is 0 Å². The summed E-state index contributed by atoms with van der Waals surface area (Å²) in [4.78, 5) is 12.6. The molecule has 6 heteroatoms. The lowest BCUT2D eigenvalue weighted by atomic mass is 10.2. The molecular formula is C17H18N4O2. The second-order valence-corrected chi connectivity index (χ2v) is 5.37. The maximum atomic E-state index is 10.6. The van der Waals surface area contributed by atoms with Crippen molar-refractivity contribution in [1.82, 2.24) is 5.01 Å². The number of rotatable bonds is 4. The van der Waals surface area contributed by atoms with Crippen molar-refractivity contribution in [2.75, 3.05) is 31.1 Å². The highest BCUT2D eigenvalue weighted by atomic mass is 16.6. The molecule has 1 aliphatic rings. The Kier molecular flexibility index (Phi) is 4.52. The van der Waals surface area contributed by atoms with E-state index in [1.807, 2.05) is 11.1 Å². The van der Waals surface area contributed by atoms with Gasteiger partial charge >= 0.3 is 0 Å². The molecule has 3 rings (SSSR count). The zero-order chi connectivity index (χ0) is 16.1. The zero-order valence-electron chi connectivity index (χ0n) is 12.7. The minimum absolute atomic E-state index is 0.0959. The van der Waals surface area contributed by atoms with Crippen LogP contribution in [-0.2, 0) is 0 Å². The van der Waals surface area contributed by atoms with Crippen molar-refractivity contribution < 1.29 is 4.92 Å². The first-order valence-electron chi connectivity index (χ1n) is 7.56. The van der Waals surface area contributed by atoms with Gasteiger partial charge in [0, 0.05) is 30.9 Å². The lowest BCUT2D eigenvalue weighted by molar-refractivity contribution is -0.384. The normalized spacial score (nSPS) is 15.1. The minimum Gasteiger partial charge on any atom is -0.368 e. The maximum Gasteiger partial charge on any atom is 0.269 e. The Bertz CT molecular complexity index is 677. The molecule has 0 bridgehead atoms. The van der Waals surface area contributed by atoms with Crippen LogP contribution < -0.4 is 4.90 Å². The molecule has 1 saturated heterocycles. The monoisotopic (exact) mass is 310 g/mol.